The molecule has 0 aliphatic heterocycles. The van der Waals surface area contributed by atoms with E-state index in [4.69, 9.17) is 0 Å². The molecule has 0 bridgehead atoms. The molecule has 2 aromatic carbocycles. The molecule has 0 radical (unpaired) electrons. The van der Waals surface area contributed by atoms with Crippen LogP contribution in [0.3, 0.4) is 0 Å². The van der Waals surface area contributed by atoms with Crippen LogP contribution in [0.15, 0.2) is 54.6 Å². The first-order valence-corrected chi connectivity index (χ1v) is 10.2. The Hall–Kier alpha value is -1.89. The van der Waals surface area contributed by atoms with Crippen molar-refractivity contribution in [3.05, 3.63) is 71.6 Å². The molecule has 1 aliphatic carbocycles. The topological polar surface area (TPSA) is 0 Å². The minimum atomic E-state index is -0.0817. The van der Waals surface area contributed by atoms with E-state index in [2.05, 4.69) is 49.4 Å². The van der Waals surface area contributed by atoms with E-state index in [1.807, 2.05) is 13.0 Å². The van der Waals surface area contributed by atoms with Gasteiger partial charge in [-0.15, -0.1) is 0 Å². The van der Waals surface area contributed by atoms with E-state index >= 15 is 0 Å². The molecule has 2 aromatic rings. The van der Waals surface area contributed by atoms with Crippen molar-refractivity contribution in [2.75, 3.05) is 0 Å². The summed E-state index contributed by atoms with van der Waals surface area (Å²) in [7, 11) is 0. The van der Waals surface area contributed by atoms with Gasteiger partial charge in [-0.2, -0.15) is 0 Å². The summed E-state index contributed by atoms with van der Waals surface area (Å²) in [4.78, 5) is 0. The van der Waals surface area contributed by atoms with Crippen LogP contribution in [0.4, 0.5) is 4.39 Å². The van der Waals surface area contributed by atoms with E-state index < -0.39 is 0 Å². The maximum Gasteiger partial charge on any atom is 0.131 e. The van der Waals surface area contributed by atoms with Gasteiger partial charge in [-0.3, -0.25) is 0 Å². The fraction of sp³-hybridized carbons (Fsp3) is 0.440. The van der Waals surface area contributed by atoms with Gasteiger partial charge in [-0.25, -0.2) is 4.39 Å². The standard InChI is InChI=1S/C25H31F/c1-3-5-6-7-20-10-14-22(15-11-20)24-17-16-23(18-25(24)26)21-12-8-19(4-2)9-13-21/h3,5,10-11,14-19,21H,4,6-9,12-13H2,1-2H3/b5-3+. The van der Waals surface area contributed by atoms with Crippen molar-refractivity contribution in [3.8, 4) is 11.1 Å². The van der Waals surface area contributed by atoms with Crippen LogP contribution in [-0.2, 0) is 6.42 Å². The molecule has 138 valence electrons. The lowest BCUT2D eigenvalue weighted by Crippen LogP contribution is -2.12. The van der Waals surface area contributed by atoms with Gasteiger partial charge in [0.05, 0.1) is 0 Å². The highest BCUT2D eigenvalue weighted by Crippen LogP contribution is 2.38. The van der Waals surface area contributed by atoms with Gasteiger partial charge >= 0.3 is 0 Å². The normalized spacial score (nSPS) is 20.6. The number of halogens is 1. The summed E-state index contributed by atoms with van der Waals surface area (Å²) in [6.45, 7) is 4.33. The molecule has 1 aliphatic rings. The molecule has 1 saturated carbocycles. The van der Waals surface area contributed by atoms with Crippen molar-refractivity contribution in [3.63, 3.8) is 0 Å². The molecule has 0 amide bonds. The molecular formula is C25H31F. The average Bonchev–Trinajstić information content (AvgIpc) is 2.69. The maximum absolute atomic E-state index is 14.8. The quantitative estimate of drug-likeness (QED) is 0.468. The summed E-state index contributed by atoms with van der Waals surface area (Å²) in [6.07, 6.45) is 12.6. The van der Waals surface area contributed by atoms with Crippen LogP contribution >= 0.6 is 0 Å². The lowest BCUT2D eigenvalue weighted by molar-refractivity contribution is 0.318. The second-order valence-electron chi connectivity index (χ2n) is 7.67. The van der Waals surface area contributed by atoms with Gasteiger partial charge in [0, 0.05) is 5.56 Å². The van der Waals surface area contributed by atoms with Crippen LogP contribution in [0.2, 0.25) is 0 Å². The predicted octanol–water partition coefficient (Wildman–Crippen LogP) is 7.69. The minimum Gasteiger partial charge on any atom is -0.206 e. The van der Waals surface area contributed by atoms with Gasteiger partial charge in [-0.05, 0) is 80.0 Å². The third-order valence-corrected chi connectivity index (χ3v) is 5.99. The Morgan fingerprint density at radius 3 is 2.35 bits per heavy atom. The number of benzene rings is 2. The number of aryl methyl sites for hydroxylation is 1. The third kappa shape index (κ3) is 4.63. The van der Waals surface area contributed by atoms with E-state index in [9.17, 15) is 4.39 Å². The molecule has 0 spiro atoms. The first-order chi connectivity index (χ1) is 12.7. The minimum absolute atomic E-state index is 0.0817. The second kappa shape index (κ2) is 9.16. The van der Waals surface area contributed by atoms with Gasteiger partial charge in [0.1, 0.15) is 5.82 Å². The Labute approximate surface area is 158 Å². The molecule has 0 saturated heterocycles. The summed E-state index contributed by atoms with van der Waals surface area (Å²) in [5.41, 5.74) is 4.18. The van der Waals surface area contributed by atoms with E-state index in [1.165, 1.54) is 43.2 Å². The van der Waals surface area contributed by atoms with Crippen LogP contribution < -0.4 is 0 Å². The molecule has 0 nitrogen and oxygen atoms in total. The average molecular weight is 351 g/mol. The van der Waals surface area contributed by atoms with Crippen molar-refractivity contribution >= 4 is 0 Å². The van der Waals surface area contributed by atoms with Gasteiger partial charge < -0.3 is 0 Å². The van der Waals surface area contributed by atoms with Crippen LogP contribution in [0.25, 0.3) is 11.1 Å². The number of hydrogen-bond donors (Lipinski definition) is 0. The Kier molecular flexibility index (Phi) is 6.66. The molecule has 0 N–H and O–H groups in total. The third-order valence-electron chi connectivity index (χ3n) is 5.99. The number of allylic oxidation sites excluding steroid dienone is 2. The van der Waals surface area contributed by atoms with E-state index in [0.717, 1.165) is 29.9 Å². The van der Waals surface area contributed by atoms with Crippen molar-refractivity contribution < 1.29 is 4.39 Å². The van der Waals surface area contributed by atoms with Crippen molar-refractivity contribution in [2.24, 2.45) is 5.92 Å². The highest BCUT2D eigenvalue weighted by molar-refractivity contribution is 5.65. The largest absolute Gasteiger partial charge is 0.206 e. The summed E-state index contributed by atoms with van der Waals surface area (Å²) >= 11 is 0. The fourth-order valence-corrected chi connectivity index (χ4v) is 4.19. The van der Waals surface area contributed by atoms with Gasteiger partial charge in [-0.1, -0.05) is 61.9 Å². The summed E-state index contributed by atoms with van der Waals surface area (Å²) in [6, 6.07) is 14.3. The van der Waals surface area contributed by atoms with Gasteiger partial charge in [0.2, 0.25) is 0 Å². The first-order valence-electron chi connectivity index (χ1n) is 10.2. The van der Waals surface area contributed by atoms with Crippen molar-refractivity contribution in [1.29, 1.82) is 0 Å². The highest BCUT2D eigenvalue weighted by atomic mass is 19.1. The first kappa shape index (κ1) is 18.9. The summed E-state index contributed by atoms with van der Waals surface area (Å²) in [5, 5.41) is 0. The predicted molar refractivity (Wildman–Crippen MR) is 110 cm³/mol. The molecule has 26 heavy (non-hydrogen) atoms. The molecule has 0 atom stereocenters. The molecule has 0 heterocycles. The van der Waals surface area contributed by atoms with E-state index in [0.29, 0.717) is 5.92 Å². The number of hydrogen-bond acceptors (Lipinski definition) is 0. The zero-order valence-corrected chi connectivity index (χ0v) is 16.2. The van der Waals surface area contributed by atoms with Gasteiger partial charge in [0.25, 0.3) is 0 Å². The lowest BCUT2D eigenvalue weighted by atomic mass is 9.77. The Morgan fingerprint density at radius 2 is 1.73 bits per heavy atom. The van der Waals surface area contributed by atoms with Crippen LogP contribution in [0.5, 0.6) is 0 Å². The van der Waals surface area contributed by atoms with Crippen molar-refractivity contribution in [1.82, 2.24) is 0 Å². The lowest BCUT2D eigenvalue weighted by Gasteiger charge is -2.28. The molecule has 1 fully saturated rings. The Bertz CT molecular complexity index is 718. The molecular weight excluding hydrogens is 319 g/mol. The molecule has 0 aromatic heterocycles. The zero-order chi connectivity index (χ0) is 18.4. The van der Waals surface area contributed by atoms with Crippen LogP contribution in [0.1, 0.15) is 69.4 Å². The molecule has 0 unspecified atom stereocenters. The highest BCUT2D eigenvalue weighted by Gasteiger charge is 2.22. The van der Waals surface area contributed by atoms with Crippen molar-refractivity contribution in [2.45, 2.75) is 64.7 Å². The summed E-state index contributed by atoms with van der Waals surface area (Å²) in [5.74, 6) is 1.33. The van der Waals surface area contributed by atoms with Crippen LogP contribution in [-0.4, -0.2) is 0 Å². The summed E-state index contributed by atoms with van der Waals surface area (Å²) < 4.78 is 14.8. The zero-order valence-electron chi connectivity index (χ0n) is 16.2. The smallest absolute Gasteiger partial charge is 0.131 e. The number of rotatable bonds is 6. The SMILES string of the molecule is C/C=C/CCc1ccc(-c2ccc(C3CCC(CC)CC3)cc2F)cc1. The molecule has 1 heteroatoms. The Morgan fingerprint density at radius 1 is 1.00 bits per heavy atom. The fourth-order valence-electron chi connectivity index (χ4n) is 4.19. The second-order valence-corrected chi connectivity index (χ2v) is 7.67. The maximum atomic E-state index is 14.8. The monoisotopic (exact) mass is 350 g/mol. The molecule has 3 rings (SSSR count). The van der Waals surface area contributed by atoms with E-state index in [-0.39, 0.29) is 5.82 Å². The van der Waals surface area contributed by atoms with Crippen LogP contribution in [0, 0.1) is 11.7 Å². The van der Waals surface area contributed by atoms with E-state index in [1.54, 1.807) is 6.07 Å². The Balaban J connectivity index is 1.69. The van der Waals surface area contributed by atoms with Gasteiger partial charge in [0.15, 0.2) is 0 Å².